The number of carboxylic acids is 1. The molecule has 0 aliphatic rings. The first-order valence-corrected chi connectivity index (χ1v) is 6.40. The van der Waals surface area contributed by atoms with Crippen molar-refractivity contribution in [3.05, 3.63) is 24.3 Å². The monoisotopic (exact) mass is 252 g/mol. The van der Waals surface area contributed by atoms with Gasteiger partial charge in [-0.3, -0.25) is 4.79 Å². The van der Waals surface area contributed by atoms with Crippen molar-refractivity contribution in [1.82, 2.24) is 0 Å². The Morgan fingerprint density at radius 3 is 2.28 bits per heavy atom. The van der Waals surface area contributed by atoms with Crippen molar-refractivity contribution >= 4 is 11.8 Å². The van der Waals surface area contributed by atoms with E-state index in [4.69, 9.17) is 5.11 Å². The number of carbonyl (C=O) groups excluding carboxylic acids is 1. The highest BCUT2D eigenvalue weighted by molar-refractivity contribution is 5.75. The van der Waals surface area contributed by atoms with Crippen molar-refractivity contribution in [3.8, 4) is 0 Å². The van der Waals surface area contributed by atoms with E-state index in [0.717, 1.165) is 5.57 Å². The summed E-state index contributed by atoms with van der Waals surface area (Å²) in [6.07, 6.45) is 5.97. The van der Waals surface area contributed by atoms with E-state index in [0.29, 0.717) is 25.2 Å². The largest absolute Gasteiger partial charge is 0.481 e. The molecule has 102 valence electrons. The third kappa shape index (κ3) is 8.74. The number of hydrogen-bond acceptors (Lipinski definition) is 2. The van der Waals surface area contributed by atoms with Gasteiger partial charge in [0.25, 0.3) is 0 Å². The number of hydrogen-bond donors (Lipinski definition) is 1. The number of ketones is 1. The van der Waals surface area contributed by atoms with Gasteiger partial charge in [0.1, 0.15) is 5.78 Å². The fourth-order valence-corrected chi connectivity index (χ4v) is 1.62. The molecular weight excluding hydrogens is 228 g/mol. The fourth-order valence-electron chi connectivity index (χ4n) is 1.62. The molecular formula is C15H24O3. The summed E-state index contributed by atoms with van der Waals surface area (Å²) in [6, 6.07) is 0. The normalized spacial score (nSPS) is 12.9. The summed E-state index contributed by atoms with van der Waals surface area (Å²) in [6.45, 7) is 9.63. The van der Waals surface area contributed by atoms with Gasteiger partial charge in [-0.2, -0.15) is 0 Å². The molecule has 0 aromatic rings. The van der Waals surface area contributed by atoms with Crippen LogP contribution in [-0.4, -0.2) is 16.9 Å². The number of carbonyl (C=O) groups is 2. The Kier molecular flexibility index (Phi) is 8.01. The average Bonchev–Trinajstić information content (AvgIpc) is 2.25. The van der Waals surface area contributed by atoms with Crippen LogP contribution in [0, 0.1) is 11.8 Å². The van der Waals surface area contributed by atoms with Crippen LogP contribution in [0.4, 0.5) is 0 Å². The summed E-state index contributed by atoms with van der Waals surface area (Å²) in [5.74, 6) is 0.0525. The van der Waals surface area contributed by atoms with Gasteiger partial charge >= 0.3 is 5.97 Å². The lowest BCUT2D eigenvalue weighted by Crippen LogP contribution is -2.08. The van der Waals surface area contributed by atoms with Gasteiger partial charge in [0, 0.05) is 12.8 Å². The molecule has 0 unspecified atom stereocenters. The molecule has 0 bridgehead atoms. The number of aliphatic carboxylic acids is 1. The maximum atomic E-state index is 10.8. The van der Waals surface area contributed by atoms with E-state index < -0.39 is 5.97 Å². The summed E-state index contributed by atoms with van der Waals surface area (Å²) in [4.78, 5) is 21.4. The molecule has 0 aliphatic carbocycles. The predicted octanol–water partition coefficient (Wildman–Crippen LogP) is 3.61. The molecule has 18 heavy (non-hydrogen) atoms. The number of carboxylic acid groups (broad SMARTS) is 1. The van der Waals surface area contributed by atoms with E-state index in [-0.39, 0.29) is 18.1 Å². The second-order valence-electron chi connectivity index (χ2n) is 5.06. The third-order valence-corrected chi connectivity index (χ3v) is 2.93. The van der Waals surface area contributed by atoms with Crippen LogP contribution >= 0.6 is 0 Å². The molecule has 0 radical (unpaired) electrons. The van der Waals surface area contributed by atoms with Gasteiger partial charge in [-0.25, -0.2) is 0 Å². The van der Waals surface area contributed by atoms with Crippen LogP contribution in [-0.2, 0) is 9.59 Å². The lowest BCUT2D eigenvalue weighted by atomic mass is 9.90. The number of allylic oxidation sites excluding steroid dienone is 3. The highest BCUT2D eigenvalue weighted by Gasteiger charge is 2.11. The summed E-state index contributed by atoms with van der Waals surface area (Å²) < 4.78 is 0. The predicted molar refractivity (Wildman–Crippen MR) is 73.4 cm³/mol. The molecule has 0 aliphatic heterocycles. The molecule has 3 nitrogen and oxygen atoms in total. The molecule has 3 heteroatoms. The van der Waals surface area contributed by atoms with Crippen LogP contribution in [0.3, 0.4) is 0 Å². The topological polar surface area (TPSA) is 54.4 Å². The summed E-state index contributed by atoms with van der Waals surface area (Å²) >= 11 is 0. The van der Waals surface area contributed by atoms with Gasteiger partial charge in [0.2, 0.25) is 0 Å². The Morgan fingerprint density at radius 1 is 1.22 bits per heavy atom. The Balaban J connectivity index is 4.25. The molecule has 1 atom stereocenters. The molecule has 0 heterocycles. The highest BCUT2D eigenvalue weighted by Crippen LogP contribution is 2.20. The van der Waals surface area contributed by atoms with Gasteiger partial charge in [-0.1, -0.05) is 38.2 Å². The zero-order valence-corrected chi connectivity index (χ0v) is 11.6. The molecule has 0 fully saturated rings. The van der Waals surface area contributed by atoms with Gasteiger partial charge in [-0.05, 0) is 31.6 Å². The van der Waals surface area contributed by atoms with Crippen LogP contribution in [0.15, 0.2) is 24.3 Å². The maximum absolute atomic E-state index is 10.8. The average molecular weight is 252 g/mol. The van der Waals surface area contributed by atoms with Crippen LogP contribution in [0.2, 0.25) is 0 Å². The minimum absolute atomic E-state index is 0.163. The Hall–Kier alpha value is -1.38. The molecule has 0 aromatic carbocycles. The SMILES string of the molecule is C=C(/C=C/[C@@H](CCC(=O)O)C(C)C)CCC(C)=O. The first-order valence-electron chi connectivity index (χ1n) is 6.40. The molecule has 0 rings (SSSR count). The van der Waals surface area contributed by atoms with Gasteiger partial charge in [0.05, 0.1) is 0 Å². The van der Waals surface area contributed by atoms with Crippen molar-refractivity contribution in [2.75, 3.05) is 0 Å². The second-order valence-corrected chi connectivity index (χ2v) is 5.06. The van der Waals surface area contributed by atoms with Crippen molar-refractivity contribution in [3.63, 3.8) is 0 Å². The van der Waals surface area contributed by atoms with Gasteiger partial charge < -0.3 is 9.90 Å². The van der Waals surface area contributed by atoms with E-state index in [1.54, 1.807) is 6.92 Å². The maximum Gasteiger partial charge on any atom is 0.303 e. The number of rotatable bonds is 9. The minimum Gasteiger partial charge on any atom is -0.481 e. The van der Waals surface area contributed by atoms with E-state index >= 15 is 0 Å². The first-order chi connectivity index (χ1) is 8.32. The van der Waals surface area contributed by atoms with Crippen LogP contribution < -0.4 is 0 Å². The molecule has 0 amide bonds. The quantitative estimate of drug-likeness (QED) is 0.638. The van der Waals surface area contributed by atoms with Crippen molar-refractivity contribution in [2.45, 2.75) is 46.5 Å². The second kappa shape index (κ2) is 8.67. The van der Waals surface area contributed by atoms with E-state index in [1.807, 2.05) is 12.2 Å². The zero-order chi connectivity index (χ0) is 14.1. The van der Waals surface area contributed by atoms with Crippen LogP contribution in [0.25, 0.3) is 0 Å². The lowest BCUT2D eigenvalue weighted by molar-refractivity contribution is -0.137. The molecule has 0 spiro atoms. The molecule has 0 saturated heterocycles. The Labute approximate surface area is 110 Å². The van der Waals surface area contributed by atoms with Crippen LogP contribution in [0.1, 0.15) is 46.5 Å². The van der Waals surface area contributed by atoms with Crippen molar-refractivity contribution in [2.24, 2.45) is 11.8 Å². The van der Waals surface area contributed by atoms with Crippen molar-refractivity contribution in [1.29, 1.82) is 0 Å². The summed E-state index contributed by atoms with van der Waals surface area (Å²) in [7, 11) is 0. The van der Waals surface area contributed by atoms with Crippen LogP contribution in [0.5, 0.6) is 0 Å². The Bertz CT molecular complexity index is 327. The fraction of sp³-hybridized carbons (Fsp3) is 0.600. The van der Waals surface area contributed by atoms with Gasteiger partial charge in [-0.15, -0.1) is 0 Å². The van der Waals surface area contributed by atoms with E-state index in [9.17, 15) is 9.59 Å². The van der Waals surface area contributed by atoms with E-state index in [2.05, 4.69) is 20.4 Å². The summed E-state index contributed by atoms with van der Waals surface area (Å²) in [5.41, 5.74) is 0.922. The zero-order valence-electron chi connectivity index (χ0n) is 11.6. The molecule has 0 aromatic heterocycles. The van der Waals surface area contributed by atoms with Crippen molar-refractivity contribution < 1.29 is 14.7 Å². The first kappa shape index (κ1) is 16.6. The minimum atomic E-state index is -0.760. The smallest absolute Gasteiger partial charge is 0.303 e. The highest BCUT2D eigenvalue weighted by atomic mass is 16.4. The molecule has 0 saturated carbocycles. The van der Waals surface area contributed by atoms with Gasteiger partial charge in [0.15, 0.2) is 0 Å². The lowest BCUT2D eigenvalue weighted by Gasteiger charge is -2.15. The third-order valence-electron chi connectivity index (χ3n) is 2.93. The molecule has 1 N–H and O–H groups in total. The standard InChI is InChI=1S/C15H24O3/c1-11(2)14(9-10-15(17)18)8-6-12(3)5-7-13(4)16/h6,8,11,14H,3,5,7,9-10H2,1-2,4H3,(H,17,18)/b8-6+/t14-/m0/s1. The Morgan fingerprint density at radius 2 is 1.83 bits per heavy atom. The van der Waals surface area contributed by atoms with E-state index in [1.165, 1.54) is 0 Å². The summed E-state index contributed by atoms with van der Waals surface area (Å²) in [5, 5.41) is 8.69. The number of Topliss-reactive ketones (excluding diaryl/α,β-unsaturated/α-hetero) is 1.